The highest BCUT2D eigenvalue weighted by Gasteiger charge is 2.30. The van der Waals surface area contributed by atoms with Gasteiger partial charge in [-0.1, -0.05) is 6.92 Å². The number of carbonyl (C=O) groups excluding carboxylic acids is 1. The van der Waals surface area contributed by atoms with Crippen molar-refractivity contribution < 1.29 is 4.79 Å². The van der Waals surface area contributed by atoms with Gasteiger partial charge in [0.25, 0.3) is 11.5 Å². The summed E-state index contributed by atoms with van der Waals surface area (Å²) in [5, 5.41) is 4.13. The topological polar surface area (TPSA) is 55.2 Å². The third kappa shape index (κ3) is 2.49. The molecular formula is C15H23N3O2. The van der Waals surface area contributed by atoms with Crippen molar-refractivity contribution in [1.82, 2.24) is 14.7 Å². The van der Waals surface area contributed by atoms with E-state index in [2.05, 4.69) is 18.9 Å². The number of hydrogen-bond donors (Lipinski definition) is 0. The maximum Gasteiger partial charge on any atom is 0.279 e. The van der Waals surface area contributed by atoms with Crippen LogP contribution in [0, 0.1) is 19.8 Å². The van der Waals surface area contributed by atoms with Crippen LogP contribution in [0.25, 0.3) is 0 Å². The van der Waals surface area contributed by atoms with Crippen LogP contribution in [-0.4, -0.2) is 33.2 Å². The van der Waals surface area contributed by atoms with E-state index in [1.165, 1.54) is 4.68 Å². The van der Waals surface area contributed by atoms with Crippen LogP contribution in [0.15, 0.2) is 4.79 Å². The average Bonchev–Trinajstić information content (AvgIpc) is 2.36. The van der Waals surface area contributed by atoms with Gasteiger partial charge in [0.15, 0.2) is 0 Å². The van der Waals surface area contributed by atoms with Crippen LogP contribution in [0.4, 0.5) is 0 Å². The zero-order valence-corrected chi connectivity index (χ0v) is 12.9. The molecule has 1 aromatic heterocycles. The fourth-order valence-electron chi connectivity index (χ4n) is 2.95. The monoisotopic (exact) mass is 277 g/mol. The second-order valence-corrected chi connectivity index (χ2v) is 5.99. The third-order valence-electron chi connectivity index (χ3n) is 4.34. The summed E-state index contributed by atoms with van der Waals surface area (Å²) < 4.78 is 1.26. The van der Waals surface area contributed by atoms with Crippen LogP contribution >= 0.6 is 0 Å². The molecule has 5 nitrogen and oxygen atoms in total. The number of rotatable bonds is 1. The molecule has 2 rings (SSSR count). The molecule has 2 heterocycles. The Morgan fingerprint density at radius 3 is 2.55 bits per heavy atom. The first-order valence-corrected chi connectivity index (χ1v) is 7.18. The fourth-order valence-corrected chi connectivity index (χ4v) is 2.95. The molecule has 0 saturated carbocycles. The van der Waals surface area contributed by atoms with Crippen molar-refractivity contribution in [2.24, 2.45) is 13.0 Å². The molecule has 5 heteroatoms. The Labute approximate surface area is 119 Å². The molecule has 0 radical (unpaired) electrons. The predicted molar refractivity (Wildman–Crippen MR) is 77.8 cm³/mol. The van der Waals surface area contributed by atoms with Crippen molar-refractivity contribution in [3.8, 4) is 0 Å². The van der Waals surface area contributed by atoms with E-state index in [4.69, 9.17) is 0 Å². The predicted octanol–water partition coefficient (Wildman–Crippen LogP) is 1.66. The van der Waals surface area contributed by atoms with Gasteiger partial charge in [0.05, 0.1) is 5.69 Å². The summed E-state index contributed by atoms with van der Waals surface area (Å²) in [7, 11) is 1.59. The minimum absolute atomic E-state index is 0.145. The zero-order chi connectivity index (χ0) is 15.0. The maximum absolute atomic E-state index is 12.7. The van der Waals surface area contributed by atoms with Gasteiger partial charge in [0.1, 0.15) is 5.56 Å². The molecule has 20 heavy (non-hydrogen) atoms. The van der Waals surface area contributed by atoms with E-state index in [1.54, 1.807) is 14.0 Å². The standard InChI is InChI=1S/C15H23N3O2/c1-9-6-7-18(10(2)8-9)15(20)13-11(3)12(4)16-17(5)14(13)19/h9-10H,6-8H2,1-5H3/t9-,10+/m1/s1. The summed E-state index contributed by atoms with van der Waals surface area (Å²) in [4.78, 5) is 26.8. The number of aryl methyl sites for hydroxylation is 2. The third-order valence-corrected chi connectivity index (χ3v) is 4.34. The second kappa shape index (κ2) is 5.38. The van der Waals surface area contributed by atoms with Gasteiger partial charge < -0.3 is 4.90 Å². The quantitative estimate of drug-likeness (QED) is 0.784. The molecule has 1 aromatic rings. The SMILES string of the molecule is Cc1nn(C)c(=O)c(C(=O)N2CC[C@@H](C)C[C@@H]2C)c1C. The normalized spacial score (nSPS) is 22.9. The summed E-state index contributed by atoms with van der Waals surface area (Å²) in [5.74, 6) is 0.491. The molecule has 1 aliphatic rings. The van der Waals surface area contributed by atoms with Gasteiger partial charge in [-0.3, -0.25) is 9.59 Å². The molecule has 0 N–H and O–H groups in total. The van der Waals surface area contributed by atoms with Crippen molar-refractivity contribution in [1.29, 1.82) is 0 Å². The Balaban J connectivity index is 2.42. The molecule has 1 fully saturated rings. The average molecular weight is 277 g/mol. The molecule has 1 saturated heterocycles. The van der Waals surface area contributed by atoms with E-state index < -0.39 is 0 Å². The van der Waals surface area contributed by atoms with Crippen LogP contribution in [0.1, 0.15) is 48.3 Å². The highest BCUT2D eigenvalue weighted by molar-refractivity contribution is 5.95. The second-order valence-electron chi connectivity index (χ2n) is 5.99. The highest BCUT2D eigenvalue weighted by atomic mass is 16.2. The van der Waals surface area contributed by atoms with Crippen molar-refractivity contribution in [3.63, 3.8) is 0 Å². The summed E-state index contributed by atoms with van der Waals surface area (Å²) in [6.07, 6.45) is 1.99. The van der Waals surface area contributed by atoms with E-state index in [0.29, 0.717) is 11.5 Å². The van der Waals surface area contributed by atoms with Crippen LogP contribution < -0.4 is 5.56 Å². The number of hydrogen-bond acceptors (Lipinski definition) is 3. The molecule has 110 valence electrons. The lowest BCUT2D eigenvalue weighted by molar-refractivity contribution is 0.0584. The first kappa shape index (κ1) is 14.8. The van der Waals surface area contributed by atoms with Gasteiger partial charge in [-0.2, -0.15) is 5.10 Å². The van der Waals surface area contributed by atoms with E-state index in [1.807, 2.05) is 11.8 Å². The maximum atomic E-state index is 12.7. The Morgan fingerprint density at radius 1 is 1.30 bits per heavy atom. The van der Waals surface area contributed by atoms with Gasteiger partial charge in [-0.25, -0.2) is 4.68 Å². The number of carbonyl (C=O) groups is 1. The lowest BCUT2D eigenvalue weighted by Gasteiger charge is -2.36. The fraction of sp³-hybridized carbons (Fsp3) is 0.667. The van der Waals surface area contributed by atoms with Crippen LogP contribution in [-0.2, 0) is 7.05 Å². The molecule has 0 aliphatic carbocycles. The van der Waals surface area contributed by atoms with Crippen LogP contribution in [0.5, 0.6) is 0 Å². The molecule has 1 amide bonds. The number of likely N-dealkylation sites (tertiary alicyclic amines) is 1. The van der Waals surface area contributed by atoms with Gasteiger partial charge in [-0.05, 0) is 45.1 Å². The molecule has 0 aromatic carbocycles. The summed E-state index contributed by atoms with van der Waals surface area (Å²) in [5.41, 5.74) is 1.41. The van der Waals surface area contributed by atoms with Gasteiger partial charge in [-0.15, -0.1) is 0 Å². The molecule has 2 atom stereocenters. The van der Waals surface area contributed by atoms with Gasteiger partial charge in [0, 0.05) is 19.6 Å². The minimum atomic E-state index is -0.302. The first-order chi connectivity index (χ1) is 9.32. The zero-order valence-electron chi connectivity index (χ0n) is 12.9. The molecule has 1 aliphatic heterocycles. The largest absolute Gasteiger partial charge is 0.336 e. The Morgan fingerprint density at radius 2 is 1.95 bits per heavy atom. The van der Waals surface area contributed by atoms with Crippen molar-refractivity contribution >= 4 is 5.91 Å². The molecule has 0 unspecified atom stereocenters. The van der Waals surface area contributed by atoms with Crippen LogP contribution in [0.2, 0.25) is 0 Å². The minimum Gasteiger partial charge on any atom is -0.336 e. The van der Waals surface area contributed by atoms with E-state index in [-0.39, 0.29) is 23.1 Å². The molecule has 0 spiro atoms. The van der Waals surface area contributed by atoms with Crippen molar-refractivity contribution in [2.45, 2.75) is 46.6 Å². The summed E-state index contributed by atoms with van der Waals surface area (Å²) >= 11 is 0. The lowest BCUT2D eigenvalue weighted by Crippen LogP contribution is -2.46. The Bertz CT molecular complexity index is 592. The smallest absolute Gasteiger partial charge is 0.279 e. The van der Waals surface area contributed by atoms with Crippen molar-refractivity contribution in [3.05, 3.63) is 27.2 Å². The molecule has 0 bridgehead atoms. The summed E-state index contributed by atoms with van der Waals surface area (Å²) in [6.45, 7) is 8.62. The lowest BCUT2D eigenvalue weighted by atomic mass is 9.92. The number of amides is 1. The first-order valence-electron chi connectivity index (χ1n) is 7.18. The highest BCUT2D eigenvalue weighted by Crippen LogP contribution is 2.24. The van der Waals surface area contributed by atoms with Crippen molar-refractivity contribution in [2.75, 3.05) is 6.54 Å². The van der Waals surface area contributed by atoms with Crippen LogP contribution in [0.3, 0.4) is 0 Å². The van der Waals surface area contributed by atoms with Gasteiger partial charge >= 0.3 is 0 Å². The van der Waals surface area contributed by atoms with E-state index >= 15 is 0 Å². The Kier molecular flexibility index (Phi) is 3.97. The summed E-state index contributed by atoms with van der Waals surface area (Å²) in [6, 6.07) is 0.184. The number of aromatic nitrogens is 2. The van der Waals surface area contributed by atoms with E-state index in [0.717, 1.165) is 25.1 Å². The number of nitrogens with zero attached hydrogens (tertiary/aromatic N) is 3. The van der Waals surface area contributed by atoms with E-state index in [9.17, 15) is 9.59 Å². The number of piperidine rings is 1. The Hall–Kier alpha value is -1.65. The van der Waals surface area contributed by atoms with Gasteiger partial charge in [0.2, 0.25) is 0 Å². The molecular weight excluding hydrogens is 254 g/mol.